The van der Waals surface area contributed by atoms with Crippen LogP contribution in [-0.2, 0) is 4.79 Å². The molecule has 0 N–H and O–H groups in total. The monoisotopic (exact) mass is 366 g/mol. The minimum absolute atomic E-state index is 0.0271. The molecular weight excluding hydrogens is 343 g/mol. The summed E-state index contributed by atoms with van der Waals surface area (Å²) in [4.78, 5) is 23.8. The summed E-state index contributed by atoms with van der Waals surface area (Å²) in [7, 11) is 0. The van der Waals surface area contributed by atoms with Crippen LogP contribution in [0.4, 0.5) is 0 Å². The highest BCUT2D eigenvalue weighted by Crippen LogP contribution is 2.28. The number of carbonyl (C=O) groups excluding carboxylic acids is 2. The van der Waals surface area contributed by atoms with E-state index in [4.69, 9.17) is 23.2 Å². The number of ketones is 2. The topological polar surface area (TPSA) is 34.1 Å². The normalized spacial score (nSPS) is 12.8. The lowest BCUT2D eigenvalue weighted by molar-refractivity contribution is -0.116. The van der Waals surface area contributed by atoms with E-state index in [1.54, 1.807) is 25.1 Å². The molecule has 4 heteroatoms. The first-order chi connectivity index (χ1) is 11.2. The molecule has 0 aliphatic rings. The molecule has 0 radical (unpaired) electrons. The fourth-order valence-electron chi connectivity index (χ4n) is 2.47. The molecule has 0 saturated heterocycles. The number of carbonyl (C=O) groups is 2. The SMILES string of the molecule is C=C(C)C(CC/C(C)=C/CCC(C)=O)C(=O)c1ccc(Cl)cc1Cl. The van der Waals surface area contributed by atoms with Gasteiger partial charge >= 0.3 is 0 Å². The molecule has 1 rings (SSSR count). The molecule has 1 unspecified atom stereocenters. The van der Waals surface area contributed by atoms with Gasteiger partial charge in [-0.3, -0.25) is 4.79 Å². The molecule has 0 aromatic heterocycles. The lowest BCUT2D eigenvalue weighted by atomic mass is 9.87. The van der Waals surface area contributed by atoms with Crippen molar-refractivity contribution < 1.29 is 9.59 Å². The summed E-state index contributed by atoms with van der Waals surface area (Å²) in [5.74, 6) is -0.119. The molecule has 24 heavy (non-hydrogen) atoms. The Morgan fingerprint density at radius 2 is 1.83 bits per heavy atom. The third kappa shape index (κ3) is 6.62. The van der Waals surface area contributed by atoms with Crippen LogP contribution in [0.25, 0.3) is 0 Å². The number of allylic oxidation sites excluding steroid dienone is 3. The van der Waals surface area contributed by atoms with Gasteiger partial charge < -0.3 is 4.79 Å². The van der Waals surface area contributed by atoms with Crippen molar-refractivity contribution in [1.29, 1.82) is 0 Å². The van der Waals surface area contributed by atoms with E-state index in [1.165, 1.54) is 5.57 Å². The van der Waals surface area contributed by atoms with Crippen LogP contribution < -0.4 is 0 Å². The molecular formula is C20H24Cl2O2. The second-order valence-electron chi connectivity index (χ2n) is 6.22. The molecule has 0 aliphatic carbocycles. The van der Waals surface area contributed by atoms with Gasteiger partial charge in [0.1, 0.15) is 5.78 Å². The highest BCUT2D eigenvalue weighted by Gasteiger charge is 2.22. The fourth-order valence-corrected chi connectivity index (χ4v) is 2.98. The van der Waals surface area contributed by atoms with Gasteiger partial charge in [0.25, 0.3) is 0 Å². The molecule has 1 aromatic carbocycles. The minimum atomic E-state index is -0.278. The van der Waals surface area contributed by atoms with Gasteiger partial charge in [0.05, 0.1) is 5.02 Å². The van der Waals surface area contributed by atoms with E-state index in [0.717, 1.165) is 18.4 Å². The van der Waals surface area contributed by atoms with Crippen LogP contribution in [0.3, 0.4) is 0 Å². The van der Waals surface area contributed by atoms with Crippen molar-refractivity contribution >= 4 is 34.8 Å². The Balaban J connectivity index is 2.78. The number of benzene rings is 1. The molecule has 0 aliphatic heterocycles. The Hall–Kier alpha value is -1.38. The second kappa shape index (κ2) is 9.80. The van der Waals surface area contributed by atoms with Crippen molar-refractivity contribution in [2.24, 2.45) is 5.92 Å². The summed E-state index contributed by atoms with van der Waals surface area (Å²) in [5.41, 5.74) is 2.48. The van der Waals surface area contributed by atoms with Crippen molar-refractivity contribution in [1.82, 2.24) is 0 Å². The van der Waals surface area contributed by atoms with Crippen molar-refractivity contribution in [3.63, 3.8) is 0 Å². The summed E-state index contributed by atoms with van der Waals surface area (Å²) in [6.45, 7) is 9.44. The van der Waals surface area contributed by atoms with Crippen molar-refractivity contribution in [2.45, 2.75) is 46.5 Å². The van der Waals surface area contributed by atoms with Crippen LogP contribution in [0.5, 0.6) is 0 Å². The van der Waals surface area contributed by atoms with Crippen LogP contribution in [0, 0.1) is 5.92 Å². The van der Waals surface area contributed by atoms with E-state index in [9.17, 15) is 9.59 Å². The second-order valence-corrected chi connectivity index (χ2v) is 7.06. The fraction of sp³-hybridized carbons (Fsp3) is 0.400. The zero-order valence-electron chi connectivity index (χ0n) is 14.5. The standard InChI is InChI=1S/C20H24Cl2O2/c1-13(2)17(10-8-14(3)6-5-7-15(4)23)20(24)18-11-9-16(21)12-19(18)22/h6,9,11-12,17H,1,5,7-8,10H2,2-4H3/b14-6+. The highest BCUT2D eigenvalue weighted by atomic mass is 35.5. The van der Waals surface area contributed by atoms with Crippen molar-refractivity contribution in [2.75, 3.05) is 0 Å². The maximum atomic E-state index is 12.8. The Morgan fingerprint density at radius 1 is 1.17 bits per heavy atom. The zero-order chi connectivity index (χ0) is 18.3. The third-order valence-electron chi connectivity index (χ3n) is 3.92. The number of hydrogen-bond donors (Lipinski definition) is 0. The predicted octanol–water partition coefficient (Wildman–Crippen LogP) is 6.46. The lowest BCUT2D eigenvalue weighted by Crippen LogP contribution is -2.16. The van der Waals surface area contributed by atoms with Gasteiger partial charge in [-0.15, -0.1) is 0 Å². The first-order valence-electron chi connectivity index (χ1n) is 8.02. The van der Waals surface area contributed by atoms with Gasteiger partial charge in [0.2, 0.25) is 0 Å². The molecule has 0 heterocycles. The van der Waals surface area contributed by atoms with Crippen LogP contribution in [0.15, 0.2) is 42.0 Å². The van der Waals surface area contributed by atoms with Gasteiger partial charge in [0, 0.05) is 22.9 Å². The molecule has 0 saturated carbocycles. The average molecular weight is 367 g/mol. The van der Waals surface area contributed by atoms with Crippen LogP contribution in [0.2, 0.25) is 10.0 Å². The van der Waals surface area contributed by atoms with Gasteiger partial charge in [-0.25, -0.2) is 0 Å². The summed E-state index contributed by atoms with van der Waals surface area (Å²) < 4.78 is 0. The molecule has 1 atom stereocenters. The zero-order valence-corrected chi connectivity index (χ0v) is 16.0. The Bertz CT molecular complexity index is 660. The first kappa shape index (κ1) is 20.7. The number of hydrogen-bond acceptors (Lipinski definition) is 2. The summed E-state index contributed by atoms with van der Waals surface area (Å²) >= 11 is 12.0. The molecule has 0 spiro atoms. The third-order valence-corrected chi connectivity index (χ3v) is 4.47. The van der Waals surface area contributed by atoms with Gasteiger partial charge in [-0.2, -0.15) is 0 Å². The Morgan fingerprint density at radius 3 is 2.38 bits per heavy atom. The van der Waals surface area contributed by atoms with Crippen LogP contribution in [0.1, 0.15) is 56.8 Å². The number of Topliss-reactive ketones (excluding diaryl/α,β-unsaturated/α-hetero) is 2. The minimum Gasteiger partial charge on any atom is -0.300 e. The Labute approximate surface area is 154 Å². The smallest absolute Gasteiger partial charge is 0.171 e. The molecule has 1 aromatic rings. The molecule has 2 nitrogen and oxygen atoms in total. The number of rotatable bonds is 9. The highest BCUT2D eigenvalue weighted by molar-refractivity contribution is 6.37. The van der Waals surface area contributed by atoms with E-state index >= 15 is 0 Å². The van der Waals surface area contributed by atoms with Gasteiger partial charge in [0.15, 0.2) is 5.78 Å². The molecule has 0 bridgehead atoms. The van der Waals surface area contributed by atoms with E-state index in [1.807, 2.05) is 13.8 Å². The number of halogens is 2. The van der Waals surface area contributed by atoms with Crippen LogP contribution >= 0.6 is 23.2 Å². The van der Waals surface area contributed by atoms with E-state index in [-0.39, 0.29) is 17.5 Å². The largest absolute Gasteiger partial charge is 0.300 e. The van der Waals surface area contributed by atoms with Gasteiger partial charge in [-0.1, -0.05) is 47.0 Å². The molecule has 0 amide bonds. The first-order valence-corrected chi connectivity index (χ1v) is 8.77. The average Bonchev–Trinajstić information content (AvgIpc) is 2.46. The summed E-state index contributed by atoms with van der Waals surface area (Å²) in [6, 6.07) is 4.92. The summed E-state index contributed by atoms with van der Waals surface area (Å²) in [6.07, 6.45) is 4.83. The summed E-state index contributed by atoms with van der Waals surface area (Å²) in [5, 5.41) is 0.875. The van der Waals surface area contributed by atoms with Crippen molar-refractivity contribution in [3.05, 3.63) is 57.6 Å². The van der Waals surface area contributed by atoms with E-state index in [2.05, 4.69) is 12.7 Å². The lowest BCUT2D eigenvalue weighted by Gasteiger charge is -2.17. The maximum absolute atomic E-state index is 12.8. The van der Waals surface area contributed by atoms with Crippen LogP contribution in [-0.4, -0.2) is 11.6 Å². The predicted molar refractivity (Wildman–Crippen MR) is 102 cm³/mol. The van der Waals surface area contributed by atoms with E-state index in [0.29, 0.717) is 28.5 Å². The molecule has 0 fully saturated rings. The quantitative estimate of drug-likeness (QED) is 0.371. The Kier molecular flexibility index (Phi) is 8.44. The van der Waals surface area contributed by atoms with E-state index < -0.39 is 0 Å². The molecule has 130 valence electrons. The van der Waals surface area contributed by atoms with Gasteiger partial charge in [-0.05, 0) is 58.2 Å². The van der Waals surface area contributed by atoms with Crippen molar-refractivity contribution in [3.8, 4) is 0 Å². The maximum Gasteiger partial charge on any atom is 0.171 e.